The molecule has 5 atom stereocenters. The third-order valence-corrected chi connectivity index (χ3v) is 7.57. The maximum Gasteiger partial charge on any atom is 0.243 e. The van der Waals surface area contributed by atoms with E-state index >= 15 is 0 Å². The van der Waals surface area contributed by atoms with Gasteiger partial charge in [-0.3, -0.25) is 33.6 Å². The zero-order chi connectivity index (χ0) is 34.9. The highest BCUT2D eigenvalue weighted by Crippen LogP contribution is 2.07. The zero-order valence-corrected chi connectivity index (χ0v) is 28.1. The van der Waals surface area contributed by atoms with Gasteiger partial charge in [0, 0.05) is 19.5 Å². The Morgan fingerprint density at radius 1 is 0.809 bits per heavy atom. The Balaban J connectivity index is 2.14. The molecule has 0 aliphatic carbocycles. The minimum Gasteiger partial charge on any atom is -0.356 e. The lowest BCUT2D eigenvalue weighted by Crippen LogP contribution is -2.58. The standard InChI is InChI=1S/C33H51N7O7/c1-20(2)19-35-32(46)26-18-28(42)34-17-10-9-15-25(39-27(41)16-11-14-24-12-7-6-8-13-24)33(47)38-22(4)30(44)36-21(3)29(43)37-23(5)31(45)40-26/h6-8,12-13,20-23,25-26H,9-11,14-19H2,1-5H3,(H,34,42)(H,35,46)(H,36,44)(H,37,43)(H,38,47)(H,39,41)(H,40,45)/t21-,22-,23-,25-,26-/m0/s1. The van der Waals surface area contributed by atoms with E-state index in [0.29, 0.717) is 32.2 Å². The van der Waals surface area contributed by atoms with Crippen LogP contribution in [0.25, 0.3) is 0 Å². The van der Waals surface area contributed by atoms with Crippen LogP contribution in [-0.4, -0.2) is 84.6 Å². The van der Waals surface area contributed by atoms with E-state index in [2.05, 4.69) is 37.2 Å². The van der Waals surface area contributed by atoms with E-state index in [-0.39, 0.29) is 37.6 Å². The molecule has 1 aliphatic rings. The number of hydrogen-bond donors (Lipinski definition) is 7. The summed E-state index contributed by atoms with van der Waals surface area (Å²) >= 11 is 0. The number of aryl methyl sites for hydroxylation is 1. The van der Waals surface area contributed by atoms with Gasteiger partial charge in [-0.15, -0.1) is 0 Å². The number of carbonyl (C=O) groups excluding carboxylic acids is 7. The highest BCUT2D eigenvalue weighted by molar-refractivity contribution is 5.96. The molecule has 47 heavy (non-hydrogen) atoms. The molecule has 0 aromatic heterocycles. The molecule has 1 aromatic carbocycles. The van der Waals surface area contributed by atoms with E-state index in [1.54, 1.807) is 0 Å². The normalized spacial score (nSPS) is 24.1. The number of rotatable bonds is 8. The Kier molecular flexibility index (Phi) is 16.4. The molecule has 2 rings (SSSR count). The van der Waals surface area contributed by atoms with Gasteiger partial charge in [0.05, 0.1) is 6.42 Å². The minimum absolute atomic E-state index is 0.138. The Morgan fingerprint density at radius 2 is 1.38 bits per heavy atom. The quantitative estimate of drug-likeness (QED) is 0.203. The second kappa shape index (κ2) is 19.9. The topological polar surface area (TPSA) is 204 Å². The Morgan fingerprint density at radius 3 is 1.98 bits per heavy atom. The SMILES string of the molecule is CC(C)CNC(=O)[C@@H]1CC(=O)NCCCC[C@H](NC(=O)CCCc2ccccc2)C(=O)N[C@@H](C)C(=O)N[C@@H](C)C(=O)N[C@@H](C)C(=O)N1. The van der Waals surface area contributed by atoms with Gasteiger partial charge in [-0.2, -0.15) is 0 Å². The van der Waals surface area contributed by atoms with Gasteiger partial charge >= 0.3 is 0 Å². The lowest BCUT2D eigenvalue weighted by molar-refractivity contribution is -0.135. The Bertz CT molecular complexity index is 1240. The molecule has 14 heteroatoms. The van der Waals surface area contributed by atoms with Gasteiger partial charge < -0.3 is 37.2 Å². The molecule has 260 valence electrons. The fourth-order valence-corrected chi connectivity index (χ4v) is 4.71. The maximum absolute atomic E-state index is 13.2. The number of nitrogens with one attached hydrogen (secondary N) is 7. The fourth-order valence-electron chi connectivity index (χ4n) is 4.71. The molecule has 1 heterocycles. The maximum atomic E-state index is 13.2. The molecular formula is C33H51N7O7. The van der Waals surface area contributed by atoms with Crippen LogP contribution in [0.5, 0.6) is 0 Å². The monoisotopic (exact) mass is 657 g/mol. The van der Waals surface area contributed by atoms with Crippen molar-refractivity contribution in [2.45, 2.75) is 110 Å². The van der Waals surface area contributed by atoms with Crippen molar-refractivity contribution < 1.29 is 33.6 Å². The second-order valence-electron chi connectivity index (χ2n) is 12.4. The van der Waals surface area contributed by atoms with Crippen LogP contribution in [0.2, 0.25) is 0 Å². The molecule has 1 saturated heterocycles. The first-order valence-electron chi connectivity index (χ1n) is 16.4. The summed E-state index contributed by atoms with van der Waals surface area (Å²) in [5.41, 5.74) is 1.10. The van der Waals surface area contributed by atoms with Crippen molar-refractivity contribution >= 4 is 41.4 Å². The molecule has 0 radical (unpaired) electrons. The molecule has 1 aliphatic heterocycles. The summed E-state index contributed by atoms with van der Waals surface area (Å²) in [6.07, 6.45) is 2.33. The van der Waals surface area contributed by atoms with Gasteiger partial charge in [-0.1, -0.05) is 44.2 Å². The highest BCUT2D eigenvalue weighted by atomic mass is 16.2. The van der Waals surface area contributed by atoms with E-state index in [9.17, 15) is 33.6 Å². The number of benzene rings is 1. The summed E-state index contributed by atoms with van der Waals surface area (Å²) in [5, 5.41) is 18.4. The van der Waals surface area contributed by atoms with Crippen LogP contribution in [0.1, 0.15) is 78.7 Å². The van der Waals surface area contributed by atoms with Gasteiger partial charge in [-0.05, 0) is 64.4 Å². The molecule has 1 aromatic rings. The molecule has 0 unspecified atom stereocenters. The van der Waals surface area contributed by atoms with Crippen LogP contribution < -0.4 is 37.2 Å². The predicted molar refractivity (Wildman–Crippen MR) is 175 cm³/mol. The van der Waals surface area contributed by atoms with Crippen molar-refractivity contribution in [1.29, 1.82) is 0 Å². The van der Waals surface area contributed by atoms with Gasteiger partial charge in [0.25, 0.3) is 0 Å². The van der Waals surface area contributed by atoms with Gasteiger partial charge in [0.2, 0.25) is 41.4 Å². The van der Waals surface area contributed by atoms with Crippen molar-refractivity contribution in [3.05, 3.63) is 35.9 Å². The van der Waals surface area contributed by atoms with Crippen molar-refractivity contribution in [2.24, 2.45) is 5.92 Å². The molecule has 7 amide bonds. The zero-order valence-electron chi connectivity index (χ0n) is 28.1. The number of carbonyl (C=O) groups is 7. The van der Waals surface area contributed by atoms with Gasteiger partial charge in [0.1, 0.15) is 30.2 Å². The first-order valence-corrected chi connectivity index (χ1v) is 16.4. The lowest BCUT2D eigenvalue weighted by atomic mass is 10.1. The van der Waals surface area contributed by atoms with Crippen LogP contribution in [0, 0.1) is 5.92 Å². The molecule has 0 saturated carbocycles. The van der Waals surface area contributed by atoms with Crippen LogP contribution in [0.4, 0.5) is 0 Å². The first-order chi connectivity index (χ1) is 22.3. The Labute approximate surface area is 276 Å². The fraction of sp³-hybridized carbons (Fsp3) is 0.606. The molecule has 14 nitrogen and oxygen atoms in total. The molecular weight excluding hydrogens is 606 g/mol. The summed E-state index contributed by atoms with van der Waals surface area (Å²) in [5.74, 6) is -3.71. The van der Waals surface area contributed by atoms with Crippen LogP contribution in [-0.2, 0) is 40.0 Å². The average molecular weight is 658 g/mol. The van der Waals surface area contributed by atoms with Gasteiger partial charge in [-0.25, -0.2) is 0 Å². The highest BCUT2D eigenvalue weighted by Gasteiger charge is 2.29. The van der Waals surface area contributed by atoms with E-state index < -0.39 is 65.7 Å². The van der Waals surface area contributed by atoms with Crippen molar-refractivity contribution in [3.8, 4) is 0 Å². The Hall–Kier alpha value is -4.49. The number of amides is 7. The van der Waals surface area contributed by atoms with Crippen LogP contribution in [0.3, 0.4) is 0 Å². The average Bonchev–Trinajstić information content (AvgIpc) is 3.02. The summed E-state index contributed by atoms with van der Waals surface area (Å²) in [6, 6.07) is 4.43. The second-order valence-corrected chi connectivity index (χ2v) is 12.4. The molecule has 0 spiro atoms. The molecule has 0 bridgehead atoms. The largest absolute Gasteiger partial charge is 0.356 e. The lowest BCUT2D eigenvalue weighted by Gasteiger charge is -2.24. The van der Waals surface area contributed by atoms with E-state index in [1.807, 2.05) is 44.2 Å². The molecule has 7 N–H and O–H groups in total. The predicted octanol–water partition coefficient (Wildman–Crippen LogP) is -0.0446. The van der Waals surface area contributed by atoms with E-state index in [4.69, 9.17) is 0 Å². The van der Waals surface area contributed by atoms with Crippen LogP contribution in [0.15, 0.2) is 30.3 Å². The summed E-state index contributed by atoms with van der Waals surface area (Å²) in [6.45, 7) is 8.67. The first kappa shape index (κ1) is 38.7. The number of hydrogen-bond acceptors (Lipinski definition) is 7. The van der Waals surface area contributed by atoms with E-state index in [0.717, 1.165) is 5.56 Å². The van der Waals surface area contributed by atoms with Crippen LogP contribution >= 0.6 is 0 Å². The van der Waals surface area contributed by atoms with Crippen molar-refractivity contribution in [2.75, 3.05) is 13.1 Å². The third-order valence-electron chi connectivity index (χ3n) is 7.57. The van der Waals surface area contributed by atoms with Crippen molar-refractivity contribution in [3.63, 3.8) is 0 Å². The van der Waals surface area contributed by atoms with E-state index in [1.165, 1.54) is 20.8 Å². The van der Waals surface area contributed by atoms with Gasteiger partial charge in [0.15, 0.2) is 0 Å². The summed E-state index contributed by atoms with van der Waals surface area (Å²) in [7, 11) is 0. The summed E-state index contributed by atoms with van der Waals surface area (Å²) < 4.78 is 0. The van der Waals surface area contributed by atoms with Crippen molar-refractivity contribution in [1.82, 2.24) is 37.2 Å². The summed E-state index contributed by atoms with van der Waals surface area (Å²) in [4.78, 5) is 90.1. The molecule has 1 fully saturated rings. The smallest absolute Gasteiger partial charge is 0.243 e. The third kappa shape index (κ3) is 14.6. The minimum atomic E-state index is -1.19.